The molecule has 48 heavy (non-hydrogen) atoms. The zero-order valence-corrected chi connectivity index (χ0v) is 28.8. The van der Waals surface area contributed by atoms with Gasteiger partial charge in [0, 0.05) is 37.6 Å². The van der Waals surface area contributed by atoms with E-state index >= 15 is 0 Å². The molecule has 0 unspecified atom stereocenters. The monoisotopic (exact) mass is 776 g/mol. The third-order valence-electron chi connectivity index (χ3n) is 7.13. The Morgan fingerprint density at radius 2 is 0.854 bits per heavy atom. The first-order chi connectivity index (χ1) is 22.6. The first kappa shape index (κ1) is 35.6. The quantitative estimate of drug-likeness (QED) is 0.203. The highest BCUT2D eigenvalue weighted by molar-refractivity contribution is 7.93. The molecular formula is C30H22Cl4F2N4O6S2. The Morgan fingerprint density at radius 1 is 0.542 bits per heavy atom. The molecule has 1 heterocycles. The van der Waals surface area contributed by atoms with Crippen LogP contribution >= 0.6 is 46.4 Å². The van der Waals surface area contributed by atoms with Gasteiger partial charge in [-0.15, -0.1) is 0 Å². The van der Waals surface area contributed by atoms with Crippen LogP contribution in [0, 0.1) is 11.6 Å². The second kappa shape index (κ2) is 14.1. The minimum absolute atomic E-state index is 0.00191. The molecule has 2 N–H and O–H groups in total. The number of hydrogen-bond acceptors (Lipinski definition) is 6. The lowest BCUT2D eigenvalue weighted by Gasteiger charge is -2.35. The van der Waals surface area contributed by atoms with Gasteiger partial charge in [-0.2, -0.15) is 0 Å². The van der Waals surface area contributed by atoms with Gasteiger partial charge in [0.2, 0.25) is 0 Å². The van der Waals surface area contributed by atoms with E-state index < -0.39 is 53.3 Å². The first-order valence-corrected chi connectivity index (χ1v) is 18.2. The number of halogens is 6. The van der Waals surface area contributed by atoms with E-state index in [2.05, 4.69) is 9.44 Å². The number of benzene rings is 4. The highest BCUT2D eigenvalue weighted by atomic mass is 35.5. The van der Waals surface area contributed by atoms with Crippen LogP contribution in [0.4, 0.5) is 20.2 Å². The third kappa shape index (κ3) is 7.80. The molecule has 1 aliphatic heterocycles. The zero-order chi connectivity index (χ0) is 35.0. The summed E-state index contributed by atoms with van der Waals surface area (Å²) in [6, 6.07) is 13.4. The SMILES string of the molecule is O=C(c1cc(S(=O)(=O)Nc2ccc(F)cc2)c(Cl)cc1Cl)N1CCN(C(=O)c2cc(S(=O)(=O)Nc3ccc(F)cc3)c(Cl)cc2Cl)CC1. The normalized spacial score (nSPS) is 13.7. The van der Waals surface area contributed by atoms with Gasteiger partial charge in [-0.1, -0.05) is 46.4 Å². The predicted octanol–water partition coefficient (Wildman–Crippen LogP) is 6.78. The Hall–Kier alpha value is -3.66. The van der Waals surface area contributed by atoms with Gasteiger partial charge in [-0.3, -0.25) is 19.0 Å². The van der Waals surface area contributed by atoms with Gasteiger partial charge < -0.3 is 9.80 Å². The molecule has 1 saturated heterocycles. The minimum Gasteiger partial charge on any atom is -0.335 e. The van der Waals surface area contributed by atoms with Crippen LogP contribution in [-0.2, 0) is 20.0 Å². The molecule has 1 fully saturated rings. The maximum atomic E-state index is 13.5. The number of amides is 2. The number of sulfonamides is 2. The topological polar surface area (TPSA) is 133 Å². The Morgan fingerprint density at radius 3 is 1.17 bits per heavy atom. The fourth-order valence-electron chi connectivity index (χ4n) is 4.71. The van der Waals surface area contributed by atoms with Crippen LogP contribution in [0.5, 0.6) is 0 Å². The number of piperazine rings is 1. The summed E-state index contributed by atoms with van der Waals surface area (Å²) in [5.41, 5.74) is -0.203. The highest BCUT2D eigenvalue weighted by Gasteiger charge is 2.31. The molecule has 5 rings (SSSR count). The number of anilines is 2. The van der Waals surface area contributed by atoms with Crippen molar-refractivity contribution in [3.05, 3.63) is 116 Å². The average molecular weight is 778 g/mol. The lowest BCUT2D eigenvalue weighted by Crippen LogP contribution is -2.50. The maximum Gasteiger partial charge on any atom is 0.263 e. The summed E-state index contributed by atoms with van der Waals surface area (Å²) >= 11 is 24.9. The van der Waals surface area contributed by atoms with E-state index in [-0.39, 0.29) is 68.8 Å². The van der Waals surface area contributed by atoms with Crippen molar-refractivity contribution in [2.45, 2.75) is 9.79 Å². The van der Waals surface area contributed by atoms with Crippen LogP contribution in [0.25, 0.3) is 0 Å². The van der Waals surface area contributed by atoms with Crippen molar-refractivity contribution in [2.75, 3.05) is 35.6 Å². The molecule has 0 aliphatic carbocycles. The van der Waals surface area contributed by atoms with Crippen LogP contribution in [0.15, 0.2) is 82.6 Å². The molecule has 1 aliphatic rings. The van der Waals surface area contributed by atoms with Crippen LogP contribution in [0.2, 0.25) is 20.1 Å². The maximum absolute atomic E-state index is 13.5. The molecule has 0 aromatic heterocycles. The summed E-state index contributed by atoms with van der Waals surface area (Å²) in [6.45, 7) is 0.00765. The summed E-state index contributed by atoms with van der Waals surface area (Å²) in [4.78, 5) is 28.8. The van der Waals surface area contributed by atoms with Gasteiger partial charge in [0.1, 0.15) is 21.4 Å². The Kier molecular flexibility index (Phi) is 10.4. The largest absolute Gasteiger partial charge is 0.335 e. The molecule has 0 spiro atoms. The fourth-order valence-corrected chi connectivity index (χ4v) is 8.53. The minimum atomic E-state index is -4.32. The fraction of sp³-hybridized carbons (Fsp3) is 0.133. The molecule has 0 radical (unpaired) electrons. The van der Waals surface area contributed by atoms with Gasteiger partial charge in [-0.05, 0) is 72.8 Å². The zero-order valence-electron chi connectivity index (χ0n) is 24.2. The predicted molar refractivity (Wildman–Crippen MR) is 179 cm³/mol. The molecule has 0 saturated carbocycles. The second-order valence-corrected chi connectivity index (χ2v) is 15.3. The molecule has 4 aromatic carbocycles. The number of carbonyl (C=O) groups excluding carboxylic acids is 2. The van der Waals surface area contributed by atoms with E-state index in [0.29, 0.717) is 0 Å². The van der Waals surface area contributed by atoms with Crippen LogP contribution < -0.4 is 9.44 Å². The standard InChI is InChI=1S/C30H22Cl4F2N4O6S2/c31-23-15-25(33)27(47(43,44)37-19-5-1-17(35)2-6-19)13-21(23)29(41)39-9-11-40(12-10-39)30(42)22-14-28(26(34)16-24(22)32)48(45,46)38-20-7-3-18(36)4-8-20/h1-8,13-16,37-38H,9-12H2. The Balaban J connectivity index is 1.31. The molecule has 10 nitrogen and oxygen atoms in total. The van der Waals surface area contributed by atoms with Gasteiger partial charge in [-0.25, -0.2) is 25.6 Å². The van der Waals surface area contributed by atoms with Crippen molar-refractivity contribution < 1.29 is 35.2 Å². The smallest absolute Gasteiger partial charge is 0.263 e. The second-order valence-electron chi connectivity index (χ2n) is 10.3. The van der Waals surface area contributed by atoms with E-state index in [1.54, 1.807) is 0 Å². The summed E-state index contributed by atoms with van der Waals surface area (Å²) in [7, 11) is -8.65. The van der Waals surface area contributed by atoms with E-state index in [1.165, 1.54) is 34.1 Å². The van der Waals surface area contributed by atoms with Crippen LogP contribution in [0.3, 0.4) is 0 Å². The van der Waals surface area contributed by atoms with Crippen molar-refractivity contribution in [3.8, 4) is 0 Å². The van der Waals surface area contributed by atoms with E-state index in [4.69, 9.17) is 46.4 Å². The van der Waals surface area contributed by atoms with Gasteiger partial charge in [0.25, 0.3) is 31.9 Å². The number of nitrogens with zero attached hydrogens (tertiary/aromatic N) is 2. The Bertz CT molecular complexity index is 1980. The number of carbonyl (C=O) groups is 2. The molecule has 4 aromatic rings. The highest BCUT2D eigenvalue weighted by Crippen LogP contribution is 2.33. The van der Waals surface area contributed by atoms with E-state index in [9.17, 15) is 35.2 Å². The van der Waals surface area contributed by atoms with Crippen LogP contribution in [-0.4, -0.2) is 64.6 Å². The molecule has 2 amide bonds. The van der Waals surface area contributed by atoms with E-state index in [1.807, 2.05) is 0 Å². The van der Waals surface area contributed by atoms with E-state index in [0.717, 1.165) is 48.5 Å². The van der Waals surface area contributed by atoms with Gasteiger partial charge in [0.05, 0.1) is 31.2 Å². The molecule has 18 heteroatoms. The van der Waals surface area contributed by atoms with Crippen molar-refractivity contribution in [1.29, 1.82) is 0 Å². The number of nitrogens with one attached hydrogen (secondary N) is 2. The van der Waals surface area contributed by atoms with Crippen molar-refractivity contribution in [3.63, 3.8) is 0 Å². The number of rotatable bonds is 8. The summed E-state index contributed by atoms with van der Waals surface area (Å²) in [5.74, 6) is -2.40. The molecule has 252 valence electrons. The first-order valence-electron chi connectivity index (χ1n) is 13.7. The summed E-state index contributed by atoms with van der Waals surface area (Å²) < 4.78 is 83.4. The summed E-state index contributed by atoms with van der Waals surface area (Å²) in [6.07, 6.45) is 0. The lowest BCUT2D eigenvalue weighted by atomic mass is 10.1. The van der Waals surface area contributed by atoms with Crippen LogP contribution in [0.1, 0.15) is 20.7 Å². The van der Waals surface area contributed by atoms with Crippen molar-refractivity contribution in [2.24, 2.45) is 0 Å². The van der Waals surface area contributed by atoms with Gasteiger partial charge >= 0.3 is 0 Å². The molecular weight excluding hydrogens is 756 g/mol. The number of hydrogen-bond donors (Lipinski definition) is 2. The third-order valence-corrected chi connectivity index (χ3v) is 11.4. The summed E-state index contributed by atoms with van der Waals surface area (Å²) in [5, 5.41) is -0.730. The van der Waals surface area contributed by atoms with Gasteiger partial charge in [0.15, 0.2) is 0 Å². The Labute approximate surface area is 294 Å². The van der Waals surface area contributed by atoms with Crippen molar-refractivity contribution in [1.82, 2.24) is 9.80 Å². The lowest BCUT2D eigenvalue weighted by molar-refractivity contribution is 0.0535. The molecule has 0 bridgehead atoms. The molecule has 0 atom stereocenters. The van der Waals surface area contributed by atoms with Crippen molar-refractivity contribution >= 4 is 89.6 Å². The average Bonchev–Trinajstić information content (AvgIpc) is 3.02.